The summed E-state index contributed by atoms with van der Waals surface area (Å²) in [6.07, 6.45) is 13.2. The van der Waals surface area contributed by atoms with Gasteiger partial charge in [0.05, 0.1) is 0 Å². The molecule has 0 heteroatoms. The molecule has 0 radical (unpaired) electrons. The summed E-state index contributed by atoms with van der Waals surface area (Å²) in [7, 11) is 0. The summed E-state index contributed by atoms with van der Waals surface area (Å²) < 4.78 is 0. The first-order valence-corrected chi connectivity index (χ1v) is 7.24. The van der Waals surface area contributed by atoms with Gasteiger partial charge in [0, 0.05) is 0 Å². The second kappa shape index (κ2) is 7.30. The average Bonchev–Trinajstić information content (AvgIpc) is 2.31. The second-order valence-electron chi connectivity index (χ2n) is 5.85. The highest BCUT2D eigenvalue weighted by Gasteiger charge is 2.18. The Balaban J connectivity index is 2.39. The van der Waals surface area contributed by atoms with Gasteiger partial charge in [-0.05, 0) is 24.2 Å². The minimum atomic E-state index is 0.972. The summed E-state index contributed by atoms with van der Waals surface area (Å²) in [5, 5.41) is 0. The van der Waals surface area contributed by atoms with E-state index in [9.17, 15) is 0 Å². The molecule has 0 nitrogen and oxygen atoms in total. The first kappa shape index (κ1) is 13.1. The van der Waals surface area contributed by atoms with E-state index in [1.165, 1.54) is 57.8 Å². The fraction of sp³-hybridized carbons (Fsp3) is 1.00. The van der Waals surface area contributed by atoms with E-state index >= 15 is 0 Å². The minimum Gasteiger partial charge on any atom is -0.0654 e. The molecule has 1 aliphatic carbocycles. The van der Waals surface area contributed by atoms with Crippen molar-refractivity contribution in [2.75, 3.05) is 0 Å². The molecule has 0 aromatic rings. The van der Waals surface area contributed by atoms with Crippen LogP contribution >= 0.6 is 0 Å². The molecule has 0 bridgehead atoms. The standard InChI is InChI=1S/C15H30/c1-4-8-14(3)15-10-7-5-6-9-13(2)11-12-15/h13-15H,4-12H2,1-3H3. The first-order valence-electron chi connectivity index (χ1n) is 7.24. The number of hydrogen-bond donors (Lipinski definition) is 0. The molecule has 1 saturated carbocycles. The van der Waals surface area contributed by atoms with Gasteiger partial charge in [-0.2, -0.15) is 0 Å². The molecular formula is C15H30. The van der Waals surface area contributed by atoms with Crippen LogP contribution in [0.5, 0.6) is 0 Å². The van der Waals surface area contributed by atoms with E-state index < -0.39 is 0 Å². The van der Waals surface area contributed by atoms with Crippen LogP contribution in [0.1, 0.15) is 78.6 Å². The normalized spacial score (nSPS) is 31.4. The summed E-state index contributed by atoms with van der Waals surface area (Å²) in [4.78, 5) is 0. The zero-order valence-corrected chi connectivity index (χ0v) is 11.1. The molecule has 0 aromatic heterocycles. The second-order valence-corrected chi connectivity index (χ2v) is 5.85. The van der Waals surface area contributed by atoms with Gasteiger partial charge in [0.25, 0.3) is 0 Å². The van der Waals surface area contributed by atoms with E-state index in [1.54, 1.807) is 0 Å². The predicted octanol–water partition coefficient (Wildman–Crippen LogP) is 5.42. The summed E-state index contributed by atoms with van der Waals surface area (Å²) >= 11 is 0. The lowest BCUT2D eigenvalue weighted by Gasteiger charge is -2.24. The Hall–Kier alpha value is 0. The van der Waals surface area contributed by atoms with Gasteiger partial charge in [0.1, 0.15) is 0 Å². The molecule has 1 rings (SSSR count). The molecule has 0 saturated heterocycles. The molecule has 15 heavy (non-hydrogen) atoms. The maximum atomic E-state index is 2.48. The van der Waals surface area contributed by atoms with Gasteiger partial charge in [-0.3, -0.25) is 0 Å². The SMILES string of the molecule is CCCC(C)C1CCCCCC(C)CC1. The highest BCUT2D eigenvalue weighted by atomic mass is 14.2. The Bertz CT molecular complexity index is 150. The highest BCUT2D eigenvalue weighted by molar-refractivity contribution is 4.70. The van der Waals surface area contributed by atoms with Crippen LogP contribution in [0.4, 0.5) is 0 Å². The van der Waals surface area contributed by atoms with E-state index in [-0.39, 0.29) is 0 Å². The van der Waals surface area contributed by atoms with Crippen LogP contribution in [-0.2, 0) is 0 Å². The first-order chi connectivity index (χ1) is 7.24. The van der Waals surface area contributed by atoms with Crippen LogP contribution in [0.2, 0.25) is 0 Å². The Morgan fingerprint density at radius 1 is 1.00 bits per heavy atom. The van der Waals surface area contributed by atoms with Crippen molar-refractivity contribution in [2.24, 2.45) is 17.8 Å². The van der Waals surface area contributed by atoms with Crippen molar-refractivity contribution in [2.45, 2.75) is 78.6 Å². The molecular weight excluding hydrogens is 180 g/mol. The Morgan fingerprint density at radius 3 is 2.47 bits per heavy atom. The van der Waals surface area contributed by atoms with Crippen LogP contribution in [0.3, 0.4) is 0 Å². The Labute approximate surface area is 96.8 Å². The van der Waals surface area contributed by atoms with E-state index in [1.807, 2.05) is 0 Å². The zero-order chi connectivity index (χ0) is 11.1. The van der Waals surface area contributed by atoms with E-state index in [0.717, 1.165) is 17.8 Å². The Kier molecular flexibility index (Phi) is 6.36. The lowest BCUT2D eigenvalue weighted by molar-refractivity contribution is 0.277. The molecule has 0 aromatic carbocycles. The van der Waals surface area contributed by atoms with Crippen LogP contribution in [0.25, 0.3) is 0 Å². The van der Waals surface area contributed by atoms with Crippen molar-refractivity contribution in [3.05, 3.63) is 0 Å². The maximum Gasteiger partial charge on any atom is -0.0388 e. The molecule has 0 amide bonds. The van der Waals surface area contributed by atoms with E-state index in [0.29, 0.717) is 0 Å². The monoisotopic (exact) mass is 210 g/mol. The third-order valence-corrected chi connectivity index (χ3v) is 4.35. The lowest BCUT2D eigenvalue weighted by Crippen LogP contribution is -2.12. The minimum absolute atomic E-state index is 0.972. The van der Waals surface area contributed by atoms with Gasteiger partial charge in [-0.15, -0.1) is 0 Å². The molecule has 0 spiro atoms. The van der Waals surface area contributed by atoms with Gasteiger partial charge in [0.15, 0.2) is 0 Å². The quantitative estimate of drug-likeness (QED) is 0.583. The molecule has 1 aliphatic rings. The predicted molar refractivity (Wildman–Crippen MR) is 69.0 cm³/mol. The van der Waals surface area contributed by atoms with Crippen LogP contribution in [-0.4, -0.2) is 0 Å². The van der Waals surface area contributed by atoms with Gasteiger partial charge in [0.2, 0.25) is 0 Å². The molecule has 3 unspecified atom stereocenters. The van der Waals surface area contributed by atoms with Gasteiger partial charge >= 0.3 is 0 Å². The maximum absolute atomic E-state index is 2.48. The van der Waals surface area contributed by atoms with E-state index in [2.05, 4.69) is 20.8 Å². The molecule has 0 heterocycles. The lowest BCUT2D eigenvalue weighted by atomic mass is 9.82. The van der Waals surface area contributed by atoms with Crippen LogP contribution in [0.15, 0.2) is 0 Å². The Morgan fingerprint density at radius 2 is 1.73 bits per heavy atom. The van der Waals surface area contributed by atoms with Crippen molar-refractivity contribution in [1.82, 2.24) is 0 Å². The highest BCUT2D eigenvalue weighted by Crippen LogP contribution is 2.31. The van der Waals surface area contributed by atoms with Gasteiger partial charge in [-0.1, -0.05) is 72.1 Å². The van der Waals surface area contributed by atoms with Gasteiger partial charge in [-0.25, -0.2) is 0 Å². The third-order valence-electron chi connectivity index (χ3n) is 4.35. The number of rotatable bonds is 3. The van der Waals surface area contributed by atoms with Crippen molar-refractivity contribution < 1.29 is 0 Å². The van der Waals surface area contributed by atoms with Crippen molar-refractivity contribution in [1.29, 1.82) is 0 Å². The number of hydrogen-bond acceptors (Lipinski definition) is 0. The summed E-state index contributed by atoms with van der Waals surface area (Å²) in [5.41, 5.74) is 0. The van der Waals surface area contributed by atoms with Crippen molar-refractivity contribution in [3.8, 4) is 0 Å². The molecule has 0 N–H and O–H groups in total. The molecule has 3 atom stereocenters. The third kappa shape index (κ3) is 5.04. The van der Waals surface area contributed by atoms with Crippen molar-refractivity contribution in [3.63, 3.8) is 0 Å². The summed E-state index contributed by atoms with van der Waals surface area (Å²) in [5.74, 6) is 2.99. The van der Waals surface area contributed by atoms with Gasteiger partial charge < -0.3 is 0 Å². The topological polar surface area (TPSA) is 0 Å². The summed E-state index contributed by atoms with van der Waals surface area (Å²) in [6.45, 7) is 7.26. The van der Waals surface area contributed by atoms with Crippen LogP contribution < -0.4 is 0 Å². The van der Waals surface area contributed by atoms with E-state index in [4.69, 9.17) is 0 Å². The molecule has 90 valence electrons. The van der Waals surface area contributed by atoms with Crippen LogP contribution in [0, 0.1) is 17.8 Å². The molecule has 0 aliphatic heterocycles. The fourth-order valence-electron chi connectivity index (χ4n) is 3.12. The average molecular weight is 210 g/mol. The van der Waals surface area contributed by atoms with Crippen molar-refractivity contribution >= 4 is 0 Å². The molecule has 1 fully saturated rings. The zero-order valence-electron chi connectivity index (χ0n) is 11.1. The smallest absolute Gasteiger partial charge is 0.0388 e. The summed E-state index contributed by atoms with van der Waals surface area (Å²) in [6, 6.07) is 0. The fourth-order valence-corrected chi connectivity index (χ4v) is 3.12. The largest absolute Gasteiger partial charge is 0.0654 e.